The summed E-state index contributed by atoms with van der Waals surface area (Å²) < 4.78 is 147. The van der Waals surface area contributed by atoms with E-state index in [1.54, 1.807) is 0 Å². The molecule has 2 aliphatic carbocycles. The van der Waals surface area contributed by atoms with Crippen molar-refractivity contribution in [1.29, 1.82) is 0 Å². The molecule has 0 aromatic carbocycles. The van der Waals surface area contributed by atoms with Gasteiger partial charge in [0.15, 0.2) is 0 Å². The maximum Gasteiger partial charge on any atom is 0.435 e. The van der Waals surface area contributed by atoms with E-state index in [1.165, 1.54) is 19.3 Å². The van der Waals surface area contributed by atoms with Gasteiger partial charge in [-0.1, -0.05) is 20.3 Å². The van der Waals surface area contributed by atoms with Gasteiger partial charge < -0.3 is 0 Å². The summed E-state index contributed by atoms with van der Waals surface area (Å²) in [5, 5.41) is 0. The van der Waals surface area contributed by atoms with Gasteiger partial charge in [0.2, 0.25) is 0 Å². The second-order valence-corrected chi connectivity index (χ2v) is 6.47. The van der Waals surface area contributed by atoms with Crippen molar-refractivity contribution in [2.45, 2.75) is 68.6 Å². The van der Waals surface area contributed by atoms with Crippen molar-refractivity contribution in [3.8, 4) is 0 Å². The third-order valence-electron chi connectivity index (χ3n) is 4.15. The van der Waals surface area contributed by atoms with Crippen LogP contribution >= 0.6 is 0 Å². The minimum Gasteiger partial charge on any atom is -0.219 e. The third-order valence-corrected chi connectivity index (χ3v) is 4.15. The molecule has 0 spiro atoms. The lowest BCUT2D eigenvalue weighted by atomic mass is 9.72. The maximum atomic E-state index is 12.8. The highest BCUT2D eigenvalue weighted by Crippen LogP contribution is 2.72. The van der Waals surface area contributed by atoms with Crippen LogP contribution in [-0.4, -0.2) is 35.5 Å². The molecule has 24 heavy (non-hydrogen) atoms. The number of hydrogen-bond donors (Lipinski definition) is 0. The fourth-order valence-electron chi connectivity index (χ4n) is 2.26. The van der Waals surface area contributed by atoms with Crippen LogP contribution in [-0.2, 0) is 0 Å². The Morgan fingerprint density at radius 2 is 0.833 bits per heavy atom. The number of hydrogen-bond acceptors (Lipinski definition) is 0. The lowest BCUT2D eigenvalue weighted by molar-refractivity contribution is -0.360. The minimum atomic E-state index is -7.38. The fourth-order valence-corrected chi connectivity index (χ4v) is 2.26. The molecular formula is C12H12F12. The highest BCUT2D eigenvalue weighted by Gasteiger charge is 3.06. The second kappa shape index (κ2) is 5.09. The largest absolute Gasteiger partial charge is 0.435 e. The van der Waals surface area contributed by atoms with E-state index in [0.29, 0.717) is 0 Å². The van der Waals surface area contributed by atoms with Gasteiger partial charge in [-0.2, -0.15) is 48.3 Å². The van der Waals surface area contributed by atoms with Crippen LogP contribution in [0, 0.1) is 5.41 Å². The van der Waals surface area contributed by atoms with Crippen LogP contribution in [0.1, 0.15) is 33.1 Å². The van der Waals surface area contributed by atoms with Crippen molar-refractivity contribution in [1.82, 2.24) is 0 Å². The van der Waals surface area contributed by atoms with Crippen LogP contribution in [0.5, 0.6) is 0 Å². The molecule has 0 aliphatic heterocycles. The van der Waals surface area contributed by atoms with E-state index in [-0.39, 0.29) is 0 Å². The van der Waals surface area contributed by atoms with E-state index in [4.69, 9.17) is 0 Å². The Labute approximate surface area is 128 Å². The summed E-state index contributed by atoms with van der Waals surface area (Å²) in [4.78, 5) is 0. The average molecular weight is 384 g/mol. The molecule has 0 aromatic rings. The molecule has 0 aromatic heterocycles. The lowest BCUT2D eigenvalue weighted by Gasteiger charge is -2.33. The summed E-state index contributed by atoms with van der Waals surface area (Å²) in [7, 11) is 0. The highest BCUT2D eigenvalue weighted by atomic mass is 19.4. The van der Waals surface area contributed by atoms with Crippen LogP contribution in [0.3, 0.4) is 0 Å². The van der Waals surface area contributed by atoms with Crippen LogP contribution in [0.25, 0.3) is 0 Å². The van der Waals surface area contributed by atoms with Crippen LogP contribution < -0.4 is 0 Å². The molecule has 2 fully saturated rings. The number of halogens is 12. The normalized spacial score (nSPS) is 30.8. The number of rotatable bonds is 0. The van der Waals surface area contributed by atoms with Crippen molar-refractivity contribution in [2.24, 2.45) is 5.41 Å². The van der Waals surface area contributed by atoms with E-state index in [0.717, 1.165) is 5.41 Å². The highest BCUT2D eigenvalue weighted by molar-refractivity contribution is 5.29. The summed E-state index contributed by atoms with van der Waals surface area (Å²) in [5.74, 6) is -29.1. The fraction of sp³-hybridized carbons (Fsp3) is 1.00. The van der Waals surface area contributed by atoms with Crippen molar-refractivity contribution < 1.29 is 52.7 Å². The monoisotopic (exact) mass is 384 g/mol. The lowest BCUT2D eigenvalue weighted by Crippen LogP contribution is -2.63. The van der Waals surface area contributed by atoms with Crippen molar-refractivity contribution in [3.05, 3.63) is 0 Å². The summed E-state index contributed by atoms with van der Waals surface area (Å²) in [6.07, 6.45) is -2.96. The second-order valence-electron chi connectivity index (χ2n) is 6.47. The van der Waals surface area contributed by atoms with Gasteiger partial charge in [-0.15, -0.1) is 0 Å². The topological polar surface area (TPSA) is 0 Å². The summed E-state index contributed by atoms with van der Waals surface area (Å²) in [6, 6.07) is 0. The molecule has 2 aliphatic rings. The Balaban J connectivity index is 0.000000400. The Morgan fingerprint density at radius 1 is 0.583 bits per heavy atom. The first-order chi connectivity index (χ1) is 10.2. The molecule has 0 bridgehead atoms. The van der Waals surface area contributed by atoms with Crippen molar-refractivity contribution >= 4 is 0 Å². The number of alkyl halides is 12. The Bertz CT molecular complexity index is 455. The molecule has 0 heterocycles. The molecular weight excluding hydrogens is 372 g/mol. The molecule has 12 heteroatoms. The Hall–Kier alpha value is -0.840. The van der Waals surface area contributed by atoms with Crippen LogP contribution in [0.15, 0.2) is 0 Å². The van der Waals surface area contributed by atoms with Gasteiger partial charge in [0, 0.05) is 0 Å². The smallest absolute Gasteiger partial charge is 0.219 e. The first-order valence-corrected chi connectivity index (χ1v) is 6.47. The molecule has 0 saturated heterocycles. The summed E-state index contributed by atoms with van der Waals surface area (Å²) in [6.45, 7) is 4.66. The molecule has 0 atom stereocenters. The van der Waals surface area contributed by atoms with E-state index in [9.17, 15) is 52.7 Å². The maximum absolute atomic E-state index is 12.8. The minimum absolute atomic E-state index is 0.722. The standard InChI is InChI=1S/C6F12.C6H12/c7-1(6(16,17)18)2(8,9)4(12,13)5(14,15)3(1,10)11;1-6(2)4-3-5-6/h;3-5H2,1-2H3. The molecule has 0 N–H and O–H groups in total. The molecule has 144 valence electrons. The first-order valence-electron chi connectivity index (χ1n) is 6.47. The summed E-state index contributed by atoms with van der Waals surface area (Å²) in [5.41, 5.74) is -6.65. The van der Waals surface area contributed by atoms with E-state index in [2.05, 4.69) is 13.8 Å². The molecule has 0 unspecified atom stereocenters. The molecule has 2 rings (SSSR count). The van der Waals surface area contributed by atoms with E-state index >= 15 is 0 Å². The average Bonchev–Trinajstić information content (AvgIpc) is 2.38. The zero-order chi connectivity index (χ0) is 19.6. The van der Waals surface area contributed by atoms with Gasteiger partial charge in [0.25, 0.3) is 0 Å². The first kappa shape index (κ1) is 21.2. The van der Waals surface area contributed by atoms with Crippen LogP contribution in [0.4, 0.5) is 52.7 Å². The van der Waals surface area contributed by atoms with Crippen molar-refractivity contribution in [3.63, 3.8) is 0 Å². The van der Waals surface area contributed by atoms with E-state index < -0.39 is 35.5 Å². The van der Waals surface area contributed by atoms with Gasteiger partial charge >= 0.3 is 35.5 Å². The third kappa shape index (κ3) is 2.30. The molecule has 0 radical (unpaired) electrons. The predicted molar refractivity (Wildman–Crippen MR) is 57.3 cm³/mol. The van der Waals surface area contributed by atoms with Crippen LogP contribution in [0.2, 0.25) is 0 Å². The Morgan fingerprint density at radius 3 is 0.917 bits per heavy atom. The molecule has 0 nitrogen and oxygen atoms in total. The molecule has 0 amide bonds. The van der Waals surface area contributed by atoms with E-state index in [1.807, 2.05) is 0 Å². The van der Waals surface area contributed by atoms with Gasteiger partial charge in [-0.05, 0) is 18.3 Å². The summed E-state index contributed by atoms with van der Waals surface area (Å²) >= 11 is 0. The quantitative estimate of drug-likeness (QED) is 0.449. The Kier molecular flexibility index (Phi) is 4.50. The predicted octanol–water partition coefficient (Wildman–Crippen LogP) is 6.01. The van der Waals surface area contributed by atoms with Gasteiger partial charge in [-0.25, -0.2) is 4.39 Å². The zero-order valence-corrected chi connectivity index (χ0v) is 12.2. The SMILES string of the molecule is CC1(C)CCC1.FC(F)(F)C1(F)C(F)(F)C(F)(F)C(F)(F)C1(F)F. The zero-order valence-electron chi connectivity index (χ0n) is 12.2. The van der Waals surface area contributed by atoms with Gasteiger partial charge in [0.05, 0.1) is 0 Å². The van der Waals surface area contributed by atoms with Crippen molar-refractivity contribution in [2.75, 3.05) is 0 Å². The van der Waals surface area contributed by atoms with Gasteiger partial charge in [-0.3, -0.25) is 0 Å². The van der Waals surface area contributed by atoms with Gasteiger partial charge in [0.1, 0.15) is 0 Å². The molecule has 2 saturated carbocycles.